The predicted molar refractivity (Wildman–Crippen MR) is 147 cm³/mol. The average Bonchev–Trinajstić information content (AvgIpc) is 2.89. The number of benzene rings is 3. The van der Waals surface area contributed by atoms with E-state index in [1.807, 2.05) is 12.1 Å². The van der Waals surface area contributed by atoms with Gasteiger partial charge in [0.1, 0.15) is 5.75 Å². The van der Waals surface area contributed by atoms with Gasteiger partial charge in [0.2, 0.25) is 0 Å². The molecule has 0 unspecified atom stereocenters. The zero-order valence-corrected chi connectivity index (χ0v) is 21.6. The second kappa shape index (κ2) is 12.5. The summed E-state index contributed by atoms with van der Waals surface area (Å²) in [7, 11) is 1.72. The van der Waals surface area contributed by atoms with Gasteiger partial charge in [0.25, 0.3) is 0 Å². The van der Waals surface area contributed by atoms with Crippen molar-refractivity contribution in [1.29, 1.82) is 0 Å². The Morgan fingerprint density at radius 2 is 1.53 bits per heavy atom. The molecule has 0 aromatic heterocycles. The molecule has 0 aliphatic heterocycles. The molecule has 0 saturated heterocycles. The lowest BCUT2D eigenvalue weighted by Crippen LogP contribution is -2.13. The minimum absolute atomic E-state index is 0.668. The lowest BCUT2D eigenvalue weighted by atomic mass is 9.76. The third kappa shape index (κ3) is 6.45. The summed E-state index contributed by atoms with van der Waals surface area (Å²) in [6, 6.07) is 23.7. The van der Waals surface area contributed by atoms with Crippen LogP contribution in [0.4, 0.5) is 0 Å². The Balaban J connectivity index is 1.52. The van der Waals surface area contributed by atoms with Gasteiger partial charge in [-0.1, -0.05) is 99.5 Å². The SMILES string of the molecule is CCCCCCCC1CCC(c2ccc(-c3cccc(Cl)c3)c(-c3ccc(OC)cc3)c2)CC1. The van der Waals surface area contributed by atoms with Crippen molar-refractivity contribution in [2.45, 2.75) is 77.0 Å². The van der Waals surface area contributed by atoms with Crippen molar-refractivity contribution in [2.24, 2.45) is 5.92 Å². The number of ether oxygens (including phenoxy) is 1. The maximum Gasteiger partial charge on any atom is 0.118 e. The molecule has 1 fully saturated rings. The van der Waals surface area contributed by atoms with Gasteiger partial charge in [0, 0.05) is 5.02 Å². The molecular formula is C32H39ClO. The maximum absolute atomic E-state index is 6.34. The first kappa shape index (κ1) is 24.9. The fourth-order valence-corrected chi connectivity index (χ4v) is 5.74. The molecule has 1 aliphatic rings. The van der Waals surface area contributed by atoms with Gasteiger partial charge in [0.15, 0.2) is 0 Å². The van der Waals surface area contributed by atoms with Crippen molar-refractivity contribution in [3.63, 3.8) is 0 Å². The van der Waals surface area contributed by atoms with Crippen LogP contribution in [-0.4, -0.2) is 7.11 Å². The normalized spacial score (nSPS) is 18.1. The van der Waals surface area contributed by atoms with Gasteiger partial charge in [0.05, 0.1) is 7.11 Å². The number of hydrogen-bond donors (Lipinski definition) is 0. The summed E-state index contributed by atoms with van der Waals surface area (Å²) in [6.45, 7) is 2.29. The standard InChI is InChI=1S/C32H39ClO/c1-3-4-5-6-7-9-24-12-14-25(15-13-24)27-18-21-31(28-10-8-11-29(33)22-28)32(23-27)26-16-19-30(34-2)20-17-26/h8,10-11,16-25H,3-7,9,12-15H2,1-2H3. The molecule has 2 heteroatoms. The summed E-state index contributed by atoms with van der Waals surface area (Å²) in [5, 5.41) is 0.773. The lowest BCUT2D eigenvalue weighted by molar-refractivity contribution is 0.302. The summed E-state index contributed by atoms with van der Waals surface area (Å²) in [5.74, 6) is 2.49. The quantitative estimate of drug-likeness (QED) is 0.265. The topological polar surface area (TPSA) is 9.23 Å². The van der Waals surface area contributed by atoms with E-state index in [2.05, 4.69) is 61.5 Å². The van der Waals surface area contributed by atoms with Crippen LogP contribution in [0.25, 0.3) is 22.3 Å². The molecule has 180 valence electrons. The van der Waals surface area contributed by atoms with Crippen LogP contribution in [0.1, 0.15) is 82.6 Å². The monoisotopic (exact) mass is 474 g/mol. The van der Waals surface area contributed by atoms with Gasteiger partial charge in [-0.2, -0.15) is 0 Å². The summed E-state index contributed by atoms with van der Waals surface area (Å²) < 4.78 is 5.39. The van der Waals surface area contributed by atoms with Crippen molar-refractivity contribution < 1.29 is 4.74 Å². The molecule has 0 N–H and O–H groups in total. The highest BCUT2D eigenvalue weighted by Gasteiger charge is 2.23. The minimum Gasteiger partial charge on any atom is -0.497 e. The van der Waals surface area contributed by atoms with Crippen molar-refractivity contribution in [2.75, 3.05) is 7.11 Å². The highest BCUT2D eigenvalue weighted by Crippen LogP contribution is 2.41. The maximum atomic E-state index is 6.34. The Hall–Kier alpha value is -2.25. The van der Waals surface area contributed by atoms with E-state index in [1.165, 1.54) is 86.5 Å². The smallest absolute Gasteiger partial charge is 0.118 e. The Bertz CT molecular complexity index is 1030. The summed E-state index contributed by atoms with van der Waals surface area (Å²) in [5.41, 5.74) is 6.38. The van der Waals surface area contributed by atoms with Gasteiger partial charge < -0.3 is 4.74 Å². The van der Waals surface area contributed by atoms with Crippen LogP contribution in [0.3, 0.4) is 0 Å². The van der Waals surface area contributed by atoms with E-state index < -0.39 is 0 Å². The average molecular weight is 475 g/mol. The van der Waals surface area contributed by atoms with Gasteiger partial charge in [-0.05, 0) is 89.6 Å². The fourth-order valence-electron chi connectivity index (χ4n) is 5.55. The number of methoxy groups -OCH3 is 1. The Labute approximate surface area is 211 Å². The van der Waals surface area contributed by atoms with E-state index in [9.17, 15) is 0 Å². The van der Waals surface area contributed by atoms with E-state index in [4.69, 9.17) is 16.3 Å². The molecule has 1 nitrogen and oxygen atoms in total. The second-order valence-corrected chi connectivity index (χ2v) is 10.4. The summed E-state index contributed by atoms with van der Waals surface area (Å²) in [6.07, 6.45) is 13.8. The van der Waals surface area contributed by atoms with Crippen LogP contribution in [0, 0.1) is 5.92 Å². The first-order valence-corrected chi connectivity index (χ1v) is 13.6. The molecule has 0 radical (unpaired) electrons. The van der Waals surface area contributed by atoms with E-state index in [0.717, 1.165) is 22.3 Å². The van der Waals surface area contributed by atoms with Crippen LogP contribution < -0.4 is 4.74 Å². The van der Waals surface area contributed by atoms with Crippen molar-refractivity contribution in [3.8, 4) is 28.0 Å². The van der Waals surface area contributed by atoms with Crippen molar-refractivity contribution in [1.82, 2.24) is 0 Å². The molecule has 0 bridgehead atoms. The second-order valence-electron chi connectivity index (χ2n) is 9.96. The van der Waals surface area contributed by atoms with Gasteiger partial charge in [-0.25, -0.2) is 0 Å². The molecule has 1 saturated carbocycles. The molecule has 1 aliphatic carbocycles. The number of halogens is 1. The zero-order valence-electron chi connectivity index (χ0n) is 20.9. The fraction of sp³-hybridized carbons (Fsp3) is 0.438. The van der Waals surface area contributed by atoms with Crippen molar-refractivity contribution in [3.05, 3.63) is 77.3 Å². The number of rotatable bonds is 10. The van der Waals surface area contributed by atoms with Crippen LogP contribution in [-0.2, 0) is 0 Å². The van der Waals surface area contributed by atoms with E-state index in [1.54, 1.807) is 7.11 Å². The van der Waals surface area contributed by atoms with Crippen LogP contribution in [0.2, 0.25) is 5.02 Å². The van der Waals surface area contributed by atoms with Crippen LogP contribution in [0.5, 0.6) is 5.75 Å². The number of hydrogen-bond acceptors (Lipinski definition) is 1. The molecule has 0 amide bonds. The molecule has 3 aromatic carbocycles. The van der Waals surface area contributed by atoms with Crippen molar-refractivity contribution >= 4 is 11.6 Å². The molecule has 4 rings (SSSR count). The molecule has 34 heavy (non-hydrogen) atoms. The summed E-state index contributed by atoms with van der Waals surface area (Å²) >= 11 is 6.34. The van der Waals surface area contributed by atoms with Gasteiger partial charge in [-0.3, -0.25) is 0 Å². The molecule has 0 spiro atoms. The highest BCUT2D eigenvalue weighted by molar-refractivity contribution is 6.30. The first-order chi connectivity index (χ1) is 16.7. The summed E-state index contributed by atoms with van der Waals surface area (Å²) in [4.78, 5) is 0. The van der Waals surface area contributed by atoms with Crippen LogP contribution >= 0.6 is 11.6 Å². The lowest BCUT2D eigenvalue weighted by Gasteiger charge is -2.29. The predicted octanol–water partition coefficient (Wildman–Crippen LogP) is 10.3. The molecule has 0 heterocycles. The van der Waals surface area contributed by atoms with E-state index in [0.29, 0.717) is 5.92 Å². The van der Waals surface area contributed by atoms with E-state index >= 15 is 0 Å². The Morgan fingerprint density at radius 1 is 0.765 bits per heavy atom. The van der Waals surface area contributed by atoms with Gasteiger partial charge >= 0.3 is 0 Å². The third-order valence-electron chi connectivity index (χ3n) is 7.61. The molecular weight excluding hydrogens is 436 g/mol. The Morgan fingerprint density at radius 3 is 2.24 bits per heavy atom. The van der Waals surface area contributed by atoms with E-state index in [-0.39, 0.29) is 0 Å². The zero-order chi connectivity index (χ0) is 23.8. The number of unbranched alkanes of at least 4 members (excludes halogenated alkanes) is 4. The third-order valence-corrected chi connectivity index (χ3v) is 7.85. The minimum atomic E-state index is 0.668. The van der Waals surface area contributed by atoms with Gasteiger partial charge in [-0.15, -0.1) is 0 Å². The molecule has 3 aromatic rings. The van der Waals surface area contributed by atoms with Crippen LogP contribution in [0.15, 0.2) is 66.7 Å². The Kier molecular flexibility index (Phi) is 9.11. The largest absolute Gasteiger partial charge is 0.497 e. The molecule has 0 atom stereocenters. The first-order valence-electron chi connectivity index (χ1n) is 13.2. The highest BCUT2D eigenvalue weighted by atomic mass is 35.5.